The van der Waals surface area contributed by atoms with Gasteiger partial charge in [0.2, 0.25) is 0 Å². The summed E-state index contributed by atoms with van der Waals surface area (Å²) < 4.78 is 0. The van der Waals surface area contributed by atoms with Gasteiger partial charge >= 0.3 is 0 Å². The van der Waals surface area contributed by atoms with E-state index in [-0.39, 0.29) is 11.7 Å². The molecule has 1 aromatic rings. The van der Waals surface area contributed by atoms with E-state index in [1.54, 1.807) is 18.2 Å². The van der Waals surface area contributed by atoms with Crippen molar-refractivity contribution >= 4 is 27.6 Å². The van der Waals surface area contributed by atoms with E-state index in [0.29, 0.717) is 23.0 Å². The van der Waals surface area contributed by atoms with Crippen LogP contribution in [0, 0.1) is 0 Å². The van der Waals surface area contributed by atoms with Crippen molar-refractivity contribution in [2.24, 2.45) is 0 Å². The highest BCUT2D eigenvalue weighted by molar-refractivity contribution is 9.09. The normalized spacial score (nSPS) is 13.6. The summed E-state index contributed by atoms with van der Waals surface area (Å²) >= 11 is 3.11. The van der Waals surface area contributed by atoms with Crippen LogP contribution in [0.1, 0.15) is 26.3 Å². The zero-order valence-corrected chi connectivity index (χ0v) is 8.93. The maximum atomic E-state index is 11.3. The van der Waals surface area contributed by atoms with E-state index in [1.807, 2.05) is 0 Å². The molecule has 14 heavy (non-hydrogen) atoms. The molecule has 0 unspecified atom stereocenters. The lowest BCUT2D eigenvalue weighted by atomic mass is 10.0. The number of ketones is 1. The molecule has 0 bridgehead atoms. The summed E-state index contributed by atoms with van der Waals surface area (Å²) in [6.07, 6.45) is 0. The number of alkyl halides is 1. The van der Waals surface area contributed by atoms with Crippen LogP contribution >= 0.6 is 15.9 Å². The summed E-state index contributed by atoms with van der Waals surface area (Å²) in [5, 5.41) is 3.02. The van der Waals surface area contributed by atoms with Crippen LogP contribution in [0.5, 0.6) is 0 Å². The highest BCUT2D eigenvalue weighted by Gasteiger charge is 2.19. The number of carbonyl (C=O) groups is 2. The summed E-state index contributed by atoms with van der Waals surface area (Å²) in [5.41, 5.74) is 2.23. The maximum Gasteiger partial charge on any atom is 0.251 e. The molecule has 0 radical (unpaired) electrons. The van der Waals surface area contributed by atoms with E-state index in [0.717, 1.165) is 5.56 Å². The van der Waals surface area contributed by atoms with Crippen LogP contribution in [-0.4, -0.2) is 17.0 Å². The van der Waals surface area contributed by atoms with Crippen molar-refractivity contribution in [3.8, 4) is 0 Å². The molecule has 72 valence electrons. The number of benzene rings is 1. The molecule has 1 aromatic carbocycles. The predicted octanol–water partition coefficient (Wildman–Crippen LogP) is 1.51. The van der Waals surface area contributed by atoms with Gasteiger partial charge in [0.25, 0.3) is 5.91 Å². The maximum absolute atomic E-state index is 11.3. The van der Waals surface area contributed by atoms with Gasteiger partial charge in [-0.05, 0) is 17.7 Å². The van der Waals surface area contributed by atoms with Gasteiger partial charge in [-0.25, -0.2) is 0 Å². The summed E-state index contributed by atoms with van der Waals surface area (Å²) in [5.74, 6) is -0.0232. The number of Topliss-reactive ketones (excluding diaryl/α,β-unsaturated/α-hetero) is 1. The molecule has 0 atom stereocenters. The first-order valence-corrected chi connectivity index (χ1v) is 5.35. The van der Waals surface area contributed by atoms with Crippen LogP contribution in [0.15, 0.2) is 18.2 Å². The van der Waals surface area contributed by atoms with E-state index < -0.39 is 0 Å². The number of rotatable bonds is 2. The van der Waals surface area contributed by atoms with Crippen molar-refractivity contribution < 1.29 is 9.59 Å². The van der Waals surface area contributed by atoms with E-state index >= 15 is 0 Å². The number of nitrogens with one attached hydrogen (secondary N) is 1. The molecule has 1 aliphatic heterocycles. The molecular formula is C10H8BrNO2. The highest BCUT2D eigenvalue weighted by atomic mass is 79.9. The Hall–Kier alpha value is -1.16. The summed E-state index contributed by atoms with van der Waals surface area (Å²) in [4.78, 5) is 22.6. The highest BCUT2D eigenvalue weighted by Crippen LogP contribution is 2.17. The second-order valence-corrected chi connectivity index (χ2v) is 3.67. The standard InChI is InChI=1S/C10H8BrNO2/c11-4-9(13)6-1-2-8-7(3-6)5-12-10(8)14/h1-3H,4-5H2,(H,12,14). The smallest absolute Gasteiger partial charge is 0.251 e. The molecular weight excluding hydrogens is 246 g/mol. The van der Waals surface area contributed by atoms with Crippen LogP contribution in [0.25, 0.3) is 0 Å². The largest absolute Gasteiger partial charge is 0.348 e. The van der Waals surface area contributed by atoms with Crippen molar-refractivity contribution in [3.05, 3.63) is 34.9 Å². The van der Waals surface area contributed by atoms with Gasteiger partial charge in [-0.15, -0.1) is 0 Å². The Bertz CT molecular complexity index is 415. The van der Waals surface area contributed by atoms with Crippen molar-refractivity contribution in [1.29, 1.82) is 0 Å². The molecule has 1 amide bonds. The summed E-state index contributed by atoms with van der Waals surface area (Å²) in [7, 11) is 0. The molecule has 0 aromatic heterocycles. The first-order valence-electron chi connectivity index (χ1n) is 4.22. The zero-order chi connectivity index (χ0) is 10.1. The van der Waals surface area contributed by atoms with Gasteiger partial charge < -0.3 is 5.32 Å². The summed E-state index contributed by atoms with van der Waals surface area (Å²) in [6, 6.07) is 5.16. The van der Waals surface area contributed by atoms with Crippen molar-refractivity contribution in [3.63, 3.8) is 0 Å². The molecule has 1 aliphatic rings. The Morgan fingerprint density at radius 2 is 2.29 bits per heavy atom. The monoisotopic (exact) mass is 253 g/mol. The van der Waals surface area contributed by atoms with Crippen LogP contribution in [0.2, 0.25) is 0 Å². The van der Waals surface area contributed by atoms with Crippen molar-refractivity contribution in [2.45, 2.75) is 6.54 Å². The Balaban J connectivity index is 2.42. The quantitative estimate of drug-likeness (QED) is 0.642. The lowest BCUT2D eigenvalue weighted by Gasteiger charge is -1.99. The average molecular weight is 254 g/mol. The topological polar surface area (TPSA) is 46.2 Å². The van der Waals surface area contributed by atoms with Gasteiger partial charge in [0.1, 0.15) is 0 Å². The molecule has 0 saturated heterocycles. The number of hydrogen-bond donors (Lipinski definition) is 1. The minimum absolute atomic E-state index is 0.0344. The van der Waals surface area contributed by atoms with Crippen LogP contribution < -0.4 is 5.32 Å². The Labute approximate surface area is 89.6 Å². The SMILES string of the molecule is O=C(CBr)c1ccc2c(c1)CNC2=O. The first-order chi connectivity index (χ1) is 6.72. The van der Waals surface area contributed by atoms with Gasteiger partial charge in [-0.1, -0.05) is 22.0 Å². The third-order valence-corrected chi connectivity index (χ3v) is 2.74. The van der Waals surface area contributed by atoms with Crippen LogP contribution in [0.3, 0.4) is 0 Å². The van der Waals surface area contributed by atoms with Crippen molar-refractivity contribution in [2.75, 3.05) is 5.33 Å². The number of halogens is 1. The molecule has 0 saturated carbocycles. The van der Waals surface area contributed by atoms with Crippen LogP contribution in [-0.2, 0) is 6.54 Å². The molecule has 0 aliphatic carbocycles. The van der Waals surface area contributed by atoms with Gasteiger partial charge in [0, 0.05) is 17.7 Å². The van der Waals surface area contributed by atoms with E-state index in [1.165, 1.54) is 0 Å². The minimum Gasteiger partial charge on any atom is -0.348 e. The molecule has 3 nitrogen and oxygen atoms in total. The number of fused-ring (bicyclic) bond motifs is 1. The third kappa shape index (κ3) is 1.46. The number of amides is 1. The van der Waals surface area contributed by atoms with Crippen molar-refractivity contribution in [1.82, 2.24) is 5.32 Å². The average Bonchev–Trinajstić information content (AvgIpc) is 2.59. The molecule has 0 fully saturated rings. The summed E-state index contributed by atoms with van der Waals surface area (Å²) in [6.45, 7) is 0.525. The van der Waals surface area contributed by atoms with E-state index in [9.17, 15) is 9.59 Å². The third-order valence-electron chi connectivity index (χ3n) is 2.23. The molecule has 0 spiro atoms. The Morgan fingerprint density at radius 3 is 3.00 bits per heavy atom. The fraction of sp³-hybridized carbons (Fsp3) is 0.200. The molecule has 4 heteroatoms. The second-order valence-electron chi connectivity index (χ2n) is 3.11. The molecule has 1 N–H and O–H groups in total. The first kappa shape index (κ1) is 9.40. The number of carbonyl (C=O) groups excluding carboxylic acids is 2. The van der Waals surface area contributed by atoms with Gasteiger partial charge in [-0.2, -0.15) is 0 Å². The fourth-order valence-corrected chi connectivity index (χ4v) is 1.81. The predicted molar refractivity (Wildman–Crippen MR) is 55.7 cm³/mol. The zero-order valence-electron chi connectivity index (χ0n) is 7.34. The van der Waals surface area contributed by atoms with Gasteiger partial charge in [0.05, 0.1) is 5.33 Å². The minimum atomic E-state index is -0.0576. The van der Waals surface area contributed by atoms with Crippen LogP contribution in [0.4, 0.5) is 0 Å². The second kappa shape index (κ2) is 3.53. The van der Waals surface area contributed by atoms with E-state index in [4.69, 9.17) is 0 Å². The lowest BCUT2D eigenvalue weighted by Crippen LogP contribution is -2.12. The molecule has 1 heterocycles. The van der Waals surface area contributed by atoms with Gasteiger partial charge in [0.15, 0.2) is 5.78 Å². The Morgan fingerprint density at radius 1 is 1.50 bits per heavy atom. The van der Waals surface area contributed by atoms with E-state index in [2.05, 4.69) is 21.2 Å². The Kier molecular flexibility index (Phi) is 2.37. The molecule has 2 rings (SSSR count). The van der Waals surface area contributed by atoms with Gasteiger partial charge in [-0.3, -0.25) is 9.59 Å². The lowest BCUT2D eigenvalue weighted by molar-refractivity contribution is 0.0964. The fourth-order valence-electron chi connectivity index (χ4n) is 1.48. The number of hydrogen-bond acceptors (Lipinski definition) is 2.